The van der Waals surface area contributed by atoms with Crippen LogP contribution in [-0.2, 0) is 33.0 Å². The maximum Gasteiger partial charge on any atom is 0.421 e. The summed E-state index contributed by atoms with van der Waals surface area (Å²) in [5.74, 6) is -0.242. The summed E-state index contributed by atoms with van der Waals surface area (Å²) in [4.78, 5) is 21.4. The number of ether oxygens (including phenoxy) is 2. The van der Waals surface area contributed by atoms with Crippen LogP contribution in [0.4, 0.5) is 13.2 Å². The largest absolute Gasteiger partial charge is 0.463 e. The first-order valence-electron chi connectivity index (χ1n) is 14.1. The van der Waals surface area contributed by atoms with Crippen molar-refractivity contribution < 1.29 is 32.5 Å². The Morgan fingerprint density at radius 2 is 1.55 bits per heavy atom. The highest BCUT2D eigenvalue weighted by Gasteiger charge is 2.51. The number of carbonyl (C=O) groups is 1. The summed E-state index contributed by atoms with van der Waals surface area (Å²) in [6.07, 6.45) is -0.938. The number of halogens is 3. The van der Waals surface area contributed by atoms with Gasteiger partial charge in [0, 0.05) is 57.8 Å². The van der Waals surface area contributed by atoms with Gasteiger partial charge in [-0.1, -0.05) is 48.5 Å². The van der Waals surface area contributed by atoms with Crippen LogP contribution < -0.4 is 0 Å². The van der Waals surface area contributed by atoms with Crippen LogP contribution in [0, 0.1) is 0 Å². The lowest BCUT2D eigenvalue weighted by molar-refractivity contribution is -0.258. The molecule has 10 heteroatoms. The third-order valence-corrected chi connectivity index (χ3v) is 7.61. The molecule has 0 amide bonds. The first-order chi connectivity index (χ1) is 20.1. The van der Waals surface area contributed by atoms with Crippen LogP contribution in [-0.4, -0.2) is 77.5 Å². The van der Waals surface area contributed by atoms with Crippen LogP contribution in [0.5, 0.6) is 0 Å². The van der Waals surface area contributed by atoms with Crippen molar-refractivity contribution in [3.05, 3.63) is 89.7 Å². The molecule has 1 aromatic heterocycles. The van der Waals surface area contributed by atoms with E-state index in [-0.39, 0.29) is 30.6 Å². The maximum absolute atomic E-state index is 13.2. The van der Waals surface area contributed by atoms with Gasteiger partial charge in [0.1, 0.15) is 6.61 Å². The van der Waals surface area contributed by atoms with Gasteiger partial charge >= 0.3 is 12.1 Å². The van der Waals surface area contributed by atoms with Crippen molar-refractivity contribution in [2.45, 2.75) is 51.2 Å². The smallest absolute Gasteiger partial charge is 0.421 e. The monoisotopic (exact) mass is 585 g/mol. The minimum Gasteiger partial charge on any atom is -0.463 e. The number of rotatable bonds is 12. The Balaban J connectivity index is 1.39. The molecule has 1 aliphatic heterocycles. The van der Waals surface area contributed by atoms with E-state index in [9.17, 15) is 23.1 Å². The summed E-state index contributed by atoms with van der Waals surface area (Å²) < 4.78 is 50.2. The Morgan fingerprint density at radius 3 is 2.17 bits per heavy atom. The van der Waals surface area contributed by atoms with E-state index in [0.717, 1.165) is 48.8 Å². The fraction of sp³-hybridized carbons (Fsp3) is 0.438. The lowest BCUT2D eigenvalue weighted by Crippen LogP contribution is -2.53. The molecule has 3 aromatic rings. The minimum atomic E-state index is -4.76. The van der Waals surface area contributed by atoms with Crippen LogP contribution in [0.15, 0.2) is 73.1 Å². The summed E-state index contributed by atoms with van der Waals surface area (Å²) in [5.41, 5.74) is 0.749. The Labute approximate surface area is 244 Å². The standard InChI is InChI=1S/C32H38F3N3O4/c1-3-41-18-19-42-30(39)20-29-23-37(16-17-38(29)22-25-12-14-36-15-13-25)21-24-4-6-26(7-5-24)27-8-10-28(11-9-27)31(2,40)32(33,34)35/h4-15,29,40H,3,16-23H2,1-2H3/t29-,31?/m1/s1. The van der Waals surface area contributed by atoms with Crippen LogP contribution in [0.25, 0.3) is 11.1 Å². The van der Waals surface area contributed by atoms with Gasteiger partial charge in [-0.3, -0.25) is 19.6 Å². The molecule has 0 radical (unpaired) electrons. The first kappa shape index (κ1) is 31.6. The van der Waals surface area contributed by atoms with E-state index in [1.807, 2.05) is 43.3 Å². The Bertz CT molecular complexity index is 1270. The van der Waals surface area contributed by atoms with Crippen molar-refractivity contribution in [1.29, 1.82) is 0 Å². The summed E-state index contributed by atoms with van der Waals surface area (Å²) in [5, 5.41) is 9.92. The molecule has 1 fully saturated rings. The molecule has 0 spiro atoms. The van der Waals surface area contributed by atoms with E-state index in [1.165, 1.54) is 12.1 Å². The van der Waals surface area contributed by atoms with Crippen molar-refractivity contribution in [2.75, 3.05) is 39.5 Å². The zero-order chi connectivity index (χ0) is 30.2. The number of nitrogens with zero attached hydrogens (tertiary/aromatic N) is 3. The van der Waals surface area contributed by atoms with E-state index >= 15 is 0 Å². The van der Waals surface area contributed by atoms with E-state index in [0.29, 0.717) is 26.3 Å². The SMILES string of the molecule is CCOCCOC(=O)C[C@@H]1CN(Cc2ccc(-c3ccc(C(C)(O)C(F)(F)F)cc3)cc2)CCN1Cc1ccncc1. The zero-order valence-corrected chi connectivity index (χ0v) is 24.0. The average Bonchev–Trinajstić information content (AvgIpc) is 2.97. The molecule has 1 saturated heterocycles. The number of piperazine rings is 1. The van der Waals surface area contributed by atoms with E-state index < -0.39 is 11.8 Å². The van der Waals surface area contributed by atoms with Crippen LogP contribution >= 0.6 is 0 Å². The van der Waals surface area contributed by atoms with Gasteiger partial charge in [0.05, 0.1) is 13.0 Å². The number of hydrogen-bond donors (Lipinski definition) is 1. The number of alkyl halides is 3. The van der Waals surface area contributed by atoms with Crippen molar-refractivity contribution >= 4 is 5.97 Å². The molecule has 7 nitrogen and oxygen atoms in total. The molecule has 1 unspecified atom stereocenters. The second-order valence-electron chi connectivity index (χ2n) is 10.7. The molecule has 0 bridgehead atoms. The second-order valence-corrected chi connectivity index (χ2v) is 10.7. The second kappa shape index (κ2) is 14.2. The number of aliphatic hydroxyl groups is 1. The fourth-order valence-corrected chi connectivity index (χ4v) is 5.05. The number of hydrogen-bond acceptors (Lipinski definition) is 7. The van der Waals surface area contributed by atoms with Gasteiger partial charge in [-0.25, -0.2) is 0 Å². The van der Waals surface area contributed by atoms with Crippen molar-refractivity contribution in [3.8, 4) is 11.1 Å². The predicted octanol–water partition coefficient (Wildman–Crippen LogP) is 5.17. The van der Waals surface area contributed by atoms with Gasteiger partial charge in [0.15, 0.2) is 5.60 Å². The molecule has 2 atom stereocenters. The van der Waals surface area contributed by atoms with Crippen molar-refractivity contribution in [2.24, 2.45) is 0 Å². The highest BCUT2D eigenvalue weighted by molar-refractivity contribution is 5.70. The number of aromatic nitrogens is 1. The highest BCUT2D eigenvalue weighted by Crippen LogP contribution is 2.39. The number of esters is 1. The maximum atomic E-state index is 13.2. The third kappa shape index (κ3) is 8.38. The first-order valence-corrected chi connectivity index (χ1v) is 14.1. The molecule has 4 rings (SSSR count). The third-order valence-electron chi connectivity index (χ3n) is 7.61. The Hall–Kier alpha value is -3.31. The topological polar surface area (TPSA) is 75.1 Å². The molecule has 0 saturated carbocycles. The van der Waals surface area contributed by atoms with Gasteiger partial charge in [-0.2, -0.15) is 13.2 Å². The summed E-state index contributed by atoms with van der Waals surface area (Å²) >= 11 is 0. The van der Waals surface area contributed by atoms with E-state index in [4.69, 9.17) is 9.47 Å². The number of pyridine rings is 1. The van der Waals surface area contributed by atoms with Crippen LogP contribution in [0.1, 0.15) is 37.0 Å². The molecule has 2 aromatic carbocycles. The highest BCUT2D eigenvalue weighted by atomic mass is 19.4. The zero-order valence-electron chi connectivity index (χ0n) is 24.0. The van der Waals surface area contributed by atoms with Crippen LogP contribution in [0.3, 0.4) is 0 Å². The lowest BCUT2D eigenvalue weighted by atomic mass is 9.93. The minimum absolute atomic E-state index is 0.0156. The quantitative estimate of drug-likeness (QED) is 0.232. The summed E-state index contributed by atoms with van der Waals surface area (Å²) in [6.45, 7) is 7.61. The predicted molar refractivity (Wildman–Crippen MR) is 153 cm³/mol. The van der Waals surface area contributed by atoms with E-state index in [2.05, 4.69) is 14.8 Å². The molecule has 1 N–H and O–H groups in total. The van der Waals surface area contributed by atoms with Crippen LogP contribution in [0.2, 0.25) is 0 Å². The summed E-state index contributed by atoms with van der Waals surface area (Å²) in [7, 11) is 0. The fourth-order valence-electron chi connectivity index (χ4n) is 5.05. The molecule has 1 aliphatic rings. The molecule has 2 heterocycles. The molecule has 226 valence electrons. The van der Waals surface area contributed by atoms with Crippen molar-refractivity contribution in [3.63, 3.8) is 0 Å². The Morgan fingerprint density at radius 1 is 0.929 bits per heavy atom. The van der Waals surface area contributed by atoms with E-state index in [1.54, 1.807) is 24.5 Å². The normalized spacial score (nSPS) is 18.0. The van der Waals surface area contributed by atoms with Gasteiger partial charge < -0.3 is 14.6 Å². The van der Waals surface area contributed by atoms with Gasteiger partial charge in [-0.05, 0) is 53.8 Å². The van der Waals surface area contributed by atoms with Gasteiger partial charge in [-0.15, -0.1) is 0 Å². The number of benzene rings is 2. The number of carbonyl (C=O) groups excluding carboxylic acids is 1. The molecular formula is C32H38F3N3O4. The van der Waals surface area contributed by atoms with Gasteiger partial charge in [0.25, 0.3) is 0 Å². The lowest BCUT2D eigenvalue weighted by Gasteiger charge is -2.41. The van der Waals surface area contributed by atoms with Gasteiger partial charge in [0.2, 0.25) is 0 Å². The van der Waals surface area contributed by atoms with Crippen molar-refractivity contribution in [1.82, 2.24) is 14.8 Å². The molecule has 0 aliphatic carbocycles. The molecular weight excluding hydrogens is 547 g/mol. The Kier molecular flexibility index (Phi) is 10.7. The molecule has 42 heavy (non-hydrogen) atoms. The summed E-state index contributed by atoms with van der Waals surface area (Å²) in [6, 6.07) is 17.7. The average molecular weight is 586 g/mol.